The van der Waals surface area contributed by atoms with Crippen LogP contribution in [-0.2, 0) is 54.6 Å². The van der Waals surface area contributed by atoms with Gasteiger partial charge in [-0.15, -0.1) is 0 Å². The maximum Gasteiger partial charge on any atom is 0.487 e. The molecule has 10 rings (SSSR count). The minimum Gasteiger partial charge on any atom is -0.756 e. The van der Waals surface area contributed by atoms with Crippen molar-refractivity contribution in [2.45, 2.75) is 128 Å². The molecule has 4 aliphatic heterocycles. The molecule has 4 unspecified atom stereocenters. The number of nitrogen functional groups attached to an aromatic ring is 1. The van der Waals surface area contributed by atoms with Gasteiger partial charge in [-0.3, -0.25) is 28.5 Å². The zero-order valence-electron chi connectivity index (χ0n) is 46.8. The first-order valence-electron chi connectivity index (χ1n) is 27.5. The number of aryl methyl sites for hydroxylation is 1. The highest BCUT2D eigenvalue weighted by Crippen LogP contribution is 2.65. The number of aliphatic hydroxyl groups excluding tert-OH is 1. The number of H-pyrrole nitrogens is 1. The van der Waals surface area contributed by atoms with Crippen molar-refractivity contribution in [2.75, 3.05) is 57.0 Å². The number of hydrogen-bond acceptors (Lipinski definition) is 15. The van der Waals surface area contributed by atoms with Crippen LogP contribution >= 0.6 is 23.5 Å². The molecule has 6 heterocycles. The first-order chi connectivity index (χ1) is 38.6. The summed E-state index contributed by atoms with van der Waals surface area (Å²) in [6.07, 6.45) is 2.95. The van der Waals surface area contributed by atoms with Crippen molar-refractivity contribution in [1.82, 2.24) is 29.3 Å². The van der Waals surface area contributed by atoms with Crippen LogP contribution in [0.25, 0.3) is 16.6 Å². The largest absolute Gasteiger partial charge is 0.756 e. The van der Waals surface area contributed by atoms with Crippen LogP contribution in [-0.4, -0.2) is 115 Å². The molecular weight excluding hydrogens is 1120 g/mol. The zero-order valence-corrected chi connectivity index (χ0v) is 49.4. The van der Waals surface area contributed by atoms with E-state index in [0.29, 0.717) is 17.9 Å². The SMILES string of the molecule is CCN1c2cc3c(cc2C(C)CC1(C)C)C(c1ccccc1C(=O)N(C)CCCC(=O)NCC#Cc1cn([C@H]2C[C@H](O)[C@@H](COP(=O)(O)OP(=O)(O)OP(=O)([O-])O)O2)c2nc(N)[nH]c(=O)c12)=c1cc2c4c(c1C3(C)C)CCC[N+]=4CCC2. The van der Waals surface area contributed by atoms with Crippen molar-refractivity contribution in [3.8, 4) is 11.8 Å². The molecule has 5 aliphatic rings. The topological polar surface area (TPSA) is 324 Å². The number of rotatable bonds is 16. The number of amides is 2. The molecule has 1 fully saturated rings. The van der Waals surface area contributed by atoms with Gasteiger partial charge in [0.25, 0.3) is 19.3 Å². The van der Waals surface area contributed by atoms with E-state index < -0.39 is 54.1 Å². The fraction of sp³-hybridized carbons (Fsp3) is 0.482. The number of nitrogens with one attached hydrogen (secondary N) is 2. The number of nitrogens with two attached hydrogens (primary N) is 1. The number of phosphoric acid groups is 3. The number of fused-ring (bicyclic) bond motifs is 5. The molecule has 3 aromatic carbocycles. The van der Waals surface area contributed by atoms with Gasteiger partial charge in [0, 0.05) is 85.3 Å². The highest BCUT2D eigenvalue weighted by Gasteiger charge is 2.45. The molecule has 438 valence electrons. The minimum absolute atomic E-state index is 0.00766. The molecule has 23 nitrogen and oxygen atoms in total. The van der Waals surface area contributed by atoms with Crippen molar-refractivity contribution in [2.24, 2.45) is 0 Å². The Balaban J connectivity index is 0.845. The molecule has 2 amide bonds. The van der Waals surface area contributed by atoms with Gasteiger partial charge in [0.15, 0.2) is 5.65 Å². The minimum atomic E-state index is -5.88. The highest BCUT2D eigenvalue weighted by atomic mass is 31.3. The normalized spacial score (nSPS) is 22.6. The molecule has 0 radical (unpaired) electrons. The molecule has 1 saturated heterocycles. The molecular formula is C56H69N8O15P3. The number of phosphoric ester groups is 1. The van der Waals surface area contributed by atoms with Gasteiger partial charge in [-0.2, -0.15) is 9.29 Å². The Morgan fingerprint density at radius 1 is 1.05 bits per heavy atom. The Bertz CT molecular complexity index is 3860. The number of anilines is 2. The van der Waals surface area contributed by atoms with Crippen LogP contribution in [0.2, 0.25) is 0 Å². The lowest BCUT2D eigenvalue weighted by molar-refractivity contribution is -0.212. The molecule has 8 N–H and O–H groups in total. The van der Waals surface area contributed by atoms with Crippen molar-refractivity contribution < 1.29 is 65.8 Å². The number of hydrogen-bond donors (Lipinski definition) is 7. The van der Waals surface area contributed by atoms with E-state index in [-0.39, 0.29) is 71.2 Å². The summed E-state index contributed by atoms with van der Waals surface area (Å²) in [5, 5.41) is 16.2. The number of nitrogens with zero attached hydrogens (tertiary/aromatic N) is 5. The first kappa shape index (κ1) is 59.3. The van der Waals surface area contributed by atoms with E-state index in [1.807, 2.05) is 18.2 Å². The summed E-state index contributed by atoms with van der Waals surface area (Å²) >= 11 is 0. The van der Waals surface area contributed by atoms with E-state index >= 15 is 0 Å². The smallest absolute Gasteiger partial charge is 0.487 e. The fourth-order valence-corrected chi connectivity index (χ4v) is 16.2. The number of benzene rings is 3. The maximum atomic E-state index is 14.9. The lowest BCUT2D eigenvalue weighted by Crippen LogP contribution is -2.50. The second-order valence-electron chi connectivity index (χ2n) is 22.9. The summed E-state index contributed by atoms with van der Waals surface area (Å²) in [4.78, 5) is 91.0. The van der Waals surface area contributed by atoms with Crippen molar-refractivity contribution in [1.29, 1.82) is 0 Å². The van der Waals surface area contributed by atoms with Crippen LogP contribution in [0.3, 0.4) is 0 Å². The molecule has 0 bridgehead atoms. The lowest BCUT2D eigenvalue weighted by atomic mass is 9.64. The van der Waals surface area contributed by atoms with E-state index in [9.17, 15) is 47.9 Å². The van der Waals surface area contributed by atoms with Crippen LogP contribution in [0.4, 0.5) is 11.6 Å². The second-order valence-corrected chi connectivity index (χ2v) is 27.3. The number of aromatic nitrogens is 3. The third-order valence-electron chi connectivity index (χ3n) is 16.5. The van der Waals surface area contributed by atoms with E-state index in [1.165, 1.54) is 60.4 Å². The molecule has 26 heteroatoms. The molecule has 2 aromatic heterocycles. The Morgan fingerprint density at radius 2 is 1.78 bits per heavy atom. The molecule has 7 atom stereocenters. The van der Waals surface area contributed by atoms with Crippen LogP contribution < -0.4 is 41.6 Å². The Kier molecular flexibility index (Phi) is 16.1. The molecule has 82 heavy (non-hydrogen) atoms. The summed E-state index contributed by atoms with van der Waals surface area (Å²) in [5.74, 6) is 5.29. The first-order valence-corrected chi connectivity index (χ1v) is 32.0. The van der Waals surface area contributed by atoms with Crippen LogP contribution in [0.5, 0.6) is 0 Å². The molecule has 1 aliphatic carbocycles. The maximum absolute atomic E-state index is 14.9. The fourth-order valence-electron chi connectivity index (χ4n) is 13.2. The second kappa shape index (κ2) is 22.3. The predicted molar refractivity (Wildman–Crippen MR) is 303 cm³/mol. The quantitative estimate of drug-likeness (QED) is 0.0416. The van der Waals surface area contributed by atoms with Gasteiger partial charge in [-0.1, -0.05) is 50.8 Å². The number of aromatic amines is 1. The van der Waals surface area contributed by atoms with Crippen molar-refractivity contribution >= 4 is 63.5 Å². The average molecular weight is 1190 g/mol. The third-order valence-corrected chi connectivity index (χ3v) is 20.3. The summed E-state index contributed by atoms with van der Waals surface area (Å²) in [6.45, 7) is 16.3. The Hall–Kier alpha value is -5.82. The average Bonchev–Trinajstić information content (AvgIpc) is 1.29. The van der Waals surface area contributed by atoms with E-state index in [0.717, 1.165) is 62.9 Å². The molecule has 0 saturated carbocycles. The van der Waals surface area contributed by atoms with E-state index in [1.54, 1.807) is 11.9 Å². The monoisotopic (exact) mass is 1190 g/mol. The zero-order chi connectivity index (χ0) is 59.0. The predicted octanol–water partition coefficient (Wildman–Crippen LogP) is 4.07. The van der Waals surface area contributed by atoms with E-state index in [2.05, 4.69) is 116 Å². The number of ether oxygens (including phenoxy) is 1. The summed E-state index contributed by atoms with van der Waals surface area (Å²) in [5.41, 5.74) is 16.8. The van der Waals surface area contributed by atoms with Gasteiger partial charge in [0.05, 0.1) is 30.2 Å². The molecule has 0 spiro atoms. The Labute approximate surface area is 473 Å². The number of carbonyl (C=O) groups excluding carboxylic acids is 2. The standard InChI is InChI=1S/C56H69N8O15P3/c1-8-64-42-27-41-39(26-38(42)32(2)29-55(64,3)4)48(40-25-33-16-12-23-62-24-13-19-37(50(33)62)49(40)56(41,5)6)35-17-9-10-18-36(35)53(68)61(7)22-14-20-45(66)58-21-11-15-34-30-63(51-47(34)52(67)60-54(57)59-51)46-28-43(65)44(77-46)31-76-81(72,73)79-82(74,75)78-80(69,70)71/h9-10,17-18,25-27,30,32,43-44,46,65H,8,12-14,16,19-24,28-29,31H2,1-7H3,(H7-,57,58,59,60,66,67,69,70,71,72,73,74,75)/t32?,43-,44+,46+/m0/s1. The van der Waals surface area contributed by atoms with Crippen LogP contribution in [0.1, 0.15) is 147 Å². The lowest BCUT2D eigenvalue weighted by Gasteiger charge is -2.48. The van der Waals surface area contributed by atoms with Gasteiger partial charge in [-0.05, 0) is 115 Å². The van der Waals surface area contributed by atoms with Gasteiger partial charge in [0.1, 0.15) is 25.4 Å². The van der Waals surface area contributed by atoms with Crippen LogP contribution in [0, 0.1) is 11.8 Å². The van der Waals surface area contributed by atoms with Gasteiger partial charge in [0.2, 0.25) is 17.2 Å². The van der Waals surface area contributed by atoms with E-state index in [4.69, 9.17) is 15.4 Å². The Morgan fingerprint density at radius 3 is 2.51 bits per heavy atom. The van der Waals surface area contributed by atoms with Gasteiger partial charge in [-0.25, -0.2) is 18.0 Å². The van der Waals surface area contributed by atoms with Crippen LogP contribution in [0.15, 0.2) is 53.5 Å². The van der Waals surface area contributed by atoms with Crippen molar-refractivity contribution in [3.05, 3.63) is 120 Å². The highest BCUT2D eigenvalue weighted by molar-refractivity contribution is 7.66. The number of aliphatic hydroxyl groups is 1. The number of carbonyl (C=O) groups is 2. The van der Waals surface area contributed by atoms with Gasteiger partial charge >= 0.3 is 15.6 Å². The molecule has 5 aromatic rings. The third kappa shape index (κ3) is 11.6. The van der Waals surface area contributed by atoms with Crippen molar-refractivity contribution in [3.63, 3.8) is 0 Å². The van der Waals surface area contributed by atoms with Gasteiger partial charge < -0.3 is 54.8 Å². The summed E-state index contributed by atoms with van der Waals surface area (Å²) in [7, 11) is -15.5. The summed E-state index contributed by atoms with van der Waals surface area (Å²) < 4.78 is 56.6. The summed E-state index contributed by atoms with van der Waals surface area (Å²) in [6, 6.07) is 15.3.